The maximum Gasteiger partial charge on any atom is 0.119 e. The molecule has 0 atom stereocenters. The summed E-state index contributed by atoms with van der Waals surface area (Å²) in [4.78, 5) is 4.42. The quantitative estimate of drug-likeness (QED) is 0.373. The molecule has 1 aliphatic rings. The van der Waals surface area contributed by atoms with E-state index in [-0.39, 0.29) is 11.0 Å². The molecule has 27 heavy (non-hydrogen) atoms. The smallest absolute Gasteiger partial charge is 0.119 e. The van der Waals surface area contributed by atoms with Gasteiger partial charge in [0.2, 0.25) is 0 Å². The highest BCUT2D eigenvalue weighted by Crippen LogP contribution is 2.22. The highest BCUT2D eigenvalue weighted by molar-refractivity contribution is 6.29. The van der Waals surface area contributed by atoms with E-state index < -0.39 is 0 Å². The van der Waals surface area contributed by atoms with E-state index in [0.29, 0.717) is 5.70 Å². The molecular formula is C20H34ClN5O. The number of hydrogen-bond acceptors (Lipinski definition) is 6. The lowest BCUT2D eigenvalue weighted by Crippen LogP contribution is -2.46. The summed E-state index contributed by atoms with van der Waals surface area (Å²) in [5.41, 5.74) is 18.9. The molecular weight excluding hydrogens is 362 g/mol. The van der Waals surface area contributed by atoms with Crippen LogP contribution in [0.15, 0.2) is 47.0 Å². The van der Waals surface area contributed by atoms with Crippen LogP contribution in [0.3, 0.4) is 0 Å². The standard InChI is InChI=1S/C18H28ClN5O.C2H6/c1-2-3-12-25-15-6-4-14(5-7-15)23-8-10-24(11-9-23)16(18(21)22)13-17(19)20;1-2/h4-7,13H,2-3,8-12,20-22H2,1H3;1-2H3/b17-13-;. The van der Waals surface area contributed by atoms with E-state index >= 15 is 0 Å². The van der Waals surface area contributed by atoms with Gasteiger partial charge in [-0.25, -0.2) is 0 Å². The van der Waals surface area contributed by atoms with Gasteiger partial charge in [0, 0.05) is 31.9 Å². The van der Waals surface area contributed by atoms with E-state index in [9.17, 15) is 0 Å². The molecule has 6 nitrogen and oxygen atoms in total. The molecule has 0 aliphatic carbocycles. The average molecular weight is 396 g/mol. The Labute approximate surface area is 168 Å². The van der Waals surface area contributed by atoms with Gasteiger partial charge in [0.15, 0.2) is 0 Å². The molecule has 0 saturated carbocycles. The Morgan fingerprint density at radius 2 is 1.67 bits per heavy atom. The monoisotopic (exact) mass is 395 g/mol. The number of ether oxygens (including phenoxy) is 1. The first kappa shape index (κ1) is 22.8. The van der Waals surface area contributed by atoms with E-state index in [0.717, 1.165) is 51.4 Å². The summed E-state index contributed by atoms with van der Waals surface area (Å²) in [6, 6.07) is 8.25. The summed E-state index contributed by atoms with van der Waals surface area (Å²) in [6.45, 7) is 10.2. The van der Waals surface area contributed by atoms with Crippen molar-refractivity contribution in [1.82, 2.24) is 4.90 Å². The van der Waals surface area contributed by atoms with Crippen LogP contribution in [0.25, 0.3) is 0 Å². The van der Waals surface area contributed by atoms with Crippen LogP contribution in [0.1, 0.15) is 33.6 Å². The number of nitrogens with zero attached hydrogens (tertiary/aromatic N) is 2. The second-order valence-electron chi connectivity index (χ2n) is 6.04. The first-order valence-corrected chi connectivity index (χ1v) is 9.99. The van der Waals surface area contributed by atoms with Crippen LogP contribution in [0, 0.1) is 0 Å². The zero-order chi connectivity index (χ0) is 20.2. The Hall–Kier alpha value is -2.21. The second kappa shape index (κ2) is 12.2. The lowest BCUT2D eigenvalue weighted by molar-refractivity contribution is 0.309. The van der Waals surface area contributed by atoms with Crippen LogP contribution in [0.4, 0.5) is 5.69 Å². The minimum atomic E-state index is 0.171. The third-order valence-corrected chi connectivity index (χ3v) is 4.27. The van der Waals surface area contributed by atoms with Crippen molar-refractivity contribution in [1.29, 1.82) is 0 Å². The zero-order valence-electron chi connectivity index (χ0n) is 16.7. The molecule has 1 aromatic rings. The van der Waals surface area contributed by atoms with Crippen molar-refractivity contribution in [3.05, 3.63) is 47.0 Å². The topological polar surface area (TPSA) is 93.8 Å². The Morgan fingerprint density at radius 3 is 2.15 bits per heavy atom. The Morgan fingerprint density at radius 1 is 1.07 bits per heavy atom. The molecule has 0 radical (unpaired) electrons. The zero-order valence-corrected chi connectivity index (χ0v) is 17.5. The number of allylic oxidation sites excluding steroid dienone is 1. The number of nitrogens with two attached hydrogens (primary N) is 3. The van der Waals surface area contributed by atoms with Gasteiger partial charge < -0.3 is 31.7 Å². The predicted molar refractivity (Wildman–Crippen MR) is 116 cm³/mol. The maximum atomic E-state index is 5.77. The van der Waals surface area contributed by atoms with Crippen LogP contribution < -0.4 is 26.8 Å². The van der Waals surface area contributed by atoms with E-state index in [4.69, 9.17) is 33.5 Å². The summed E-state index contributed by atoms with van der Waals surface area (Å²) < 4.78 is 5.71. The average Bonchev–Trinajstić information content (AvgIpc) is 2.68. The minimum Gasteiger partial charge on any atom is -0.494 e. The van der Waals surface area contributed by atoms with Crippen molar-refractivity contribution < 1.29 is 4.74 Å². The van der Waals surface area contributed by atoms with E-state index in [1.54, 1.807) is 6.08 Å². The molecule has 0 spiro atoms. The van der Waals surface area contributed by atoms with Crippen molar-refractivity contribution >= 4 is 17.3 Å². The maximum absolute atomic E-state index is 5.77. The minimum absolute atomic E-state index is 0.171. The van der Waals surface area contributed by atoms with Gasteiger partial charge in [0.05, 0.1) is 12.3 Å². The molecule has 1 heterocycles. The molecule has 2 rings (SSSR count). The van der Waals surface area contributed by atoms with E-state index in [1.165, 1.54) is 5.69 Å². The third kappa shape index (κ3) is 7.51. The van der Waals surface area contributed by atoms with Gasteiger partial charge in [0.1, 0.15) is 16.7 Å². The molecule has 0 unspecified atom stereocenters. The number of unbranched alkanes of at least 4 members (excludes halogenated alkanes) is 1. The molecule has 0 amide bonds. The third-order valence-electron chi connectivity index (χ3n) is 4.16. The van der Waals surface area contributed by atoms with Gasteiger partial charge in [0.25, 0.3) is 0 Å². The van der Waals surface area contributed by atoms with Crippen molar-refractivity contribution in [2.24, 2.45) is 17.2 Å². The highest BCUT2D eigenvalue weighted by Gasteiger charge is 2.19. The van der Waals surface area contributed by atoms with Crippen LogP contribution in [0.2, 0.25) is 0 Å². The first-order chi connectivity index (χ1) is 13.0. The van der Waals surface area contributed by atoms with Crippen LogP contribution >= 0.6 is 11.6 Å². The molecule has 0 bridgehead atoms. The van der Waals surface area contributed by atoms with Crippen LogP contribution in [-0.4, -0.2) is 37.7 Å². The second-order valence-corrected chi connectivity index (χ2v) is 6.48. The van der Waals surface area contributed by atoms with Gasteiger partial charge in [-0.05, 0) is 36.8 Å². The van der Waals surface area contributed by atoms with Crippen molar-refractivity contribution in [2.75, 3.05) is 37.7 Å². The number of rotatable bonds is 7. The van der Waals surface area contributed by atoms with Gasteiger partial charge in [-0.2, -0.15) is 0 Å². The number of hydrogen-bond donors (Lipinski definition) is 3. The summed E-state index contributed by atoms with van der Waals surface area (Å²) in [6.07, 6.45) is 3.82. The first-order valence-electron chi connectivity index (χ1n) is 9.62. The summed E-state index contributed by atoms with van der Waals surface area (Å²) in [5.74, 6) is 1.14. The van der Waals surface area contributed by atoms with Gasteiger partial charge in [-0.15, -0.1) is 0 Å². The fraction of sp³-hybridized carbons (Fsp3) is 0.500. The molecule has 6 N–H and O–H groups in total. The molecule has 1 aliphatic heterocycles. The SMILES string of the molecule is CC.CCCCOc1ccc(N2CCN(C(/C=C(\N)Cl)=C(N)N)CC2)cc1. The number of benzene rings is 1. The number of halogens is 1. The molecule has 1 saturated heterocycles. The summed E-state index contributed by atoms with van der Waals surface area (Å²) >= 11 is 5.77. The molecule has 7 heteroatoms. The number of piperazine rings is 1. The Bertz CT molecular complexity index is 599. The van der Waals surface area contributed by atoms with Gasteiger partial charge >= 0.3 is 0 Å². The lowest BCUT2D eigenvalue weighted by atomic mass is 10.2. The molecule has 0 aromatic heterocycles. The van der Waals surface area contributed by atoms with Gasteiger partial charge in [-0.3, -0.25) is 0 Å². The predicted octanol–water partition coefficient (Wildman–Crippen LogP) is 3.14. The normalized spacial score (nSPS) is 14.3. The highest BCUT2D eigenvalue weighted by atomic mass is 35.5. The molecule has 1 fully saturated rings. The fourth-order valence-corrected chi connectivity index (χ4v) is 2.88. The van der Waals surface area contributed by atoms with E-state index in [2.05, 4.69) is 28.9 Å². The van der Waals surface area contributed by atoms with Crippen molar-refractivity contribution in [3.63, 3.8) is 0 Å². The van der Waals surface area contributed by atoms with Crippen molar-refractivity contribution in [2.45, 2.75) is 33.6 Å². The van der Waals surface area contributed by atoms with Crippen molar-refractivity contribution in [3.8, 4) is 5.75 Å². The Balaban J connectivity index is 0.00000176. The largest absolute Gasteiger partial charge is 0.494 e. The number of anilines is 1. The van der Waals surface area contributed by atoms with E-state index in [1.807, 2.05) is 26.0 Å². The lowest BCUT2D eigenvalue weighted by Gasteiger charge is -2.38. The molecule has 152 valence electrons. The fourth-order valence-electron chi connectivity index (χ4n) is 2.78. The van der Waals surface area contributed by atoms with Gasteiger partial charge in [-0.1, -0.05) is 38.8 Å². The summed E-state index contributed by atoms with van der Waals surface area (Å²) in [7, 11) is 0. The summed E-state index contributed by atoms with van der Waals surface area (Å²) in [5, 5.41) is 0.171. The van der Waals surface area contributed by atoms with Crippen LogP contribution in [0.5, 0.6) is 5.75 Å². The Kier molecular flexibility index (Phi) is 10.3. The van der Waals surface area contributed by atoms with Crippen LogP contribution in [-0.2, 0) is 0 Å². The molecule has 1 aromatic carbocycles.